The number of nitro groups is 1. The Balaban J connectivity index is 1.96. The summed E-state index contributed by atoms with van der Waals surface area (Å²) >= 11 is 0. The van der Waals surface area contributed by atoms with Gasteiger partial charge in [0.05, 0.1) is 24.7 Å². The molecule has 0 unspecified atom stereocenters. The topological polar surface area (TPSA) is 115 Å². The lowest BCUT2D eigenvalue weighted by molar-refractivity contribution is -0.383. The minimum atomic E-state index is -0.480. The van der Waals surface area contributed by atoms with E-state index in [9.17, 15) is 10.1 Å². The molecule has 0 aliphatic carbocycles. The highest BCUT2D eigenvalue weighted by Crippen LogP contribution is 2.28. The van der Waals surface area contributed by atoms with Crippen molar-refractivity contribution in [3.8, 4) is 0 Å². The van der Waals surface area contributed by atoms with E-state index in [1.165, 1.54) is 6.33 Å². The van der Waals surface area contributed by atoms with E-state index in [4.69, 9.17) is 9.47 Å². The van der Waals surface area contributed by atoms with Gasteiger partial charge < -0.3 is 20.1 Å². The summed E-state index contributed by atoms with van der Waals surface area (Å²) in [6.45, 7) is 5.39. The average molecular weight is 326 g/mol. The minimum absolute atomic E-state index is 0.148. The van der Waals surface area contributed by atoms with Gasteiger partial charge in [0.25, 0.3) is 0 Å². The van der Waals surface area contributed by atoms with Crippen molar-refractivity contribution in [2.24, 2.45) is 0 Å². The summed E-state index contributed by atoms with van der Waals surface area (Å²) in [6.07, 6.45) is 1.30. The summed E-state index contributed by atoms with van der Waals surface area (Å²) in [6, 6.07) is 0. The molecular formula is C13H22N6O4. The third kappa shape index (κ3) is 5.27. The second-order valence-electron chi connectivity index (χ2n) is 4.98. The number of anilines is 2. The first-order chi connectivity index (χ1) is 11.2. The van der Waals surface area contributed by atoms with Gasteiger partial charge in [0.15, 0.2) is 0 Å². The normalized spacial score (nSPS) is 15.3. The van der Waals surface area contributed by atoms with Gasteiger partial charge in [0, 0.05) is 39.8 Å². The predicted molar refractivity (Wildman–Crippen MR) is 84.8 cm³/mol. The molecule has 10 heteroatoms. The Morgan fingerprint density at radius 3 is 2.57 bits per heavy atom. The maximum Gasteiger partial charge on any atom is 0.353 e. The van der Waals surface area contributed by atoms with Crippen molar-refractivity contribution in [1.82, 2.24) is 14.9 Å². The van der Waals surface area contributed by atoms with E-state index in [-0.39, 0.29) is 17.3 Å². The van der Waals surface area contributed by atoms with E-state index >= 15 is 0 Å². The molecule has 2 N–H and O–H groups in total. The molecule has 1 aliphatic heterocycles. The van der Waals surface area contributed by atoms with Gasteiger partial charge in [-0.05, 0) is 0 Å². The fraction of sp³-hybridized carbons (Fsp3) is 0.692. The number of rotatable bonds is 9. The lowest BCUT2D eigenvalue weighted by Gasteiger charge is -2.26. The number of nitrogens with one attached hydrogen (secondary N) is 2. The fourth-order valence-corrected chi connectivity index (χ4v) is 2.24. The lowest BCUT2D eigenvalue weighted by atomic mass is 10.4. The number of hydrogen-bond donors (Lipinski definition) is 2. The first-order valence-electron chi connectivity index (χ1n) is 7.48. The number of aromatic nitrogens is 2. The molecule has 23 heavy (non-hydrogen) atoms. The van der Waals surface area contributed by atoms with Crippen molar-refractivity contribution in [2.75, 3.05) is 70.3 Å². The van der Waals surface area contributed by atoms with E-state index in [0.717, 1.165) is 32.8 Å². The zero-order valence-electron chi connectivity index (χ0n) is 13.2. The Morgan fingerprint density at radius 2 is 1.96 bits per heavy atom. The van der Waals surface area contributed by atoms with Crippen LogP contribution in [0.15, 0.2) is 6.33 Å². The highest BCUT2D eigenvalue weighted by molar-refractivity contribution is 5.69. The van der Waals surface area contributed by atoms with Crippen LogP contribution in [0.3, 0.4) is 0 Å². The van der Waals surface area contributed by atoms with Crippen LogP contribution in [0.4, 0.5) is 17.3 Å². The van der Waals surface area contributed by atoms with Gasteiger partial charge >= 0.3 is 5.69 Å². The molecule has 2 rings (SSSR count). The quantitative estimate of drug-likeness (QED) is 0.372. The summed E-state index contributed by atoms with van der Waals surface area (Å²) in [4.78, 5) is 21.0. The number of nitrogens with zero attached hydrogens (tertiary/aromatic N) is 4. The van der Waals surface area contributed by atoms with Gasteiger partial charge in [0.2, 0.25) is 11.6 Å². The molecule has 1 fully saturated rings. The smallest absolute Gasteiger partial charge is 0.353 e. The van der Waals surface area contributed by atoms with Crippen LogP contribution in [0, 0.1) is 10.1 Å². The van der Waals surface area contributed by atoms with Crippen LogP contribution in [0.5, 0.6) is 0 Å². The molecule has 1 aliphatic rings. The summed E-state index contributed by atoms with van der Waals surface area (Å²) < 4.78 is 10.2. The van der Waals surface area contributed by atoms with Crippen LogP contribution in [0.1, 0.15) is 0 Å². The van der Waals surface area contributed by atoms with Gasteiger partial charge in [-0.3, -0.25) is 15.0 Å². The summed E-state index contributed by atoms with van der Waals surface area (Å²) in [7, 11) is 1.56. The Labute approximate surface area is 134 Å². The summed E-state index contributed by atoms with van der Waals surface area (Å²) in [5.74, 6) is 0.411. The van der Waals surface area contributed by atoms with Crippen molar-refractivity contribution in [3.63, 3.8) is 0 Å². The molecular weight excluding hydrogens is 304 g/mol. The second-order valence-corrected chi connectivity index (χ2v) is 4.98. The third-order valence-electron chi connectivity index (χ3n) is 3.43. The zero-order valence-corrected chi connectivity index (χ0v) is 13.2. The molecule has 10 nitrogen and oxygen atoms in total. The van der Waals surface area contributed by atoms with Crippen LogP contribution in [0.2, 0.25) is 0 Å². The van der Waals surface area contributed by atoms with E-state index in [1.807, 2.05) is 0 Å². The summed E-state index contributed by atoms with van der Waals surface area (Å²) in [5, 5.41) is 17.2. The van der Waals surface area contributed by atoms with E-state index in [1.54, 1.807) is 7.11 Å². The molecule has 1 saturated heterocycles. The van der Waals surface area contributed by atoms with Gasteiger partial charge in [-0.1, -0.05) is 0 Å². The highest BCUT2D eigenvalue weighted by Gasteiger charge is 2.22. The largest absolute Gasteiger partial charge is 0.383 e. The average Bonchev–Trinajstić information content (AvgIpc) is 2.56. The van der Waals surface area contributed by atoms with Crippen molar-refractivity contribution >= 4 is 17.3 Å². The number of morpholine rings is 1. The maximum absolute atomic E-state index is 11.3. The molecule has 1 aromatic rings. The molecule has 0 amide bonds. The molecule has 1 aromatic heterocycles. The number of methoxy groups -OCH3 is 1. The Bertz CT molecular complexity index is 509. The fourth-order valence-electron chi connectivity index (χ4n) is 2.24. The van der Waals surface area contributed by atoms with Gasteiger partial charge in [-0.2, -0.15) is 0 Å². The van der Waals surface area contributed by atoms with Crippen molar-refractivity contribution < 1.29 is 14.4 Å². The third-order valence-corrected chi connectivity index (χ3v) is 3.43. The molecule has 0 aromatic carbocycles. The van der Waals surface area contributed by atoms with Crippen LogP contribution in [-0.2, 0) is 9.47 Å². The standard InChI is InChI=1S/C13H22N6O4/c1-22-7-3-15-13-11(19(20)21)12(16-10-17-13)14-2-4-18-5-8-23-9-6-18/h10H,2-9H2,1H3,(H2,14,15,16,17). The predicted octanol–water partition coefficient (Wildman–Crippen LogP) is 0.187. The van der Waals surface area contributed by atoms with E-state index in [0.29, 0.717) is 19.7 Å². The van der Waals surface area contributed by atoms with Crippen LogP contribution < -0.4 is 10.6 Å². The Hall–Kier alpha value is -2.04. The van der Waals surface area contributed by atoms with Gasteiger partial charge in [0.1, 0.15) is 6.33 Å². The van der Waals surface area contributed by atoms with Crippen molar-refractivity contribution in [3.05, 3.63) is 16.4 Å². The van der Waals surface area contributed by atoms with Crippen molar-refractivity contribution in [1.29, 1.82) is 0 Å². The number of hydrogen-bond acceptors (Lipinski definition) is 9. The first kappa shape index (κ1) is 17.3. The van der Waals surface area contributed by atoms with Crippen molar-refractivity contribution in [2.45, 2.75) is 0 Å². The molecule has 0 atom stereocenters. The second kappa shape index (κ2) is 9.18. The minimum Gasteiger partial charge on any atom is -0.383 e. The number of ether oxygens (including phenoxy) is 2. The van der Waals surface area contributed by atoms with E-state index in [2.05, 4.69) is 25.5 Å². The highest BCUT2D eigenvalue weighted by atomic mass is 16.6. The van der Waals surface area contributed by atoms with Gasteiger partial charge in [-0.25, -0.2) is 9.97 Å². The SMILES string of the molecule is COCCNc1ncnc(NCCN2CCOCC2)c1[N+](=O)[O-]. The monoisotopic (exact) mass is 326 g/mol. The lowest BCUT2D eigenvalue weighted by Crippen LogP contribution is -2.39. The van der Waals surface area contributed by atoms with Crippen LogP contribution in [0.25, 0.3) is 0 Å². The molecule has 128 valence electrons. The molecule has 2 heterocycles. The zero-order chi connectivity index (χ0) is 16.5. The van der Waals surface area contributed by atoms with E-state index < -0.39 is 4.92 Å². The van der Waals surface area contributed by atoms with Crippen LogP contribution >= 0.6 is 0 Å². The maximum atomic E-state index is 11.3. The molecule has 0 saturated carbocycles. The molecule has 0 radical (unpaired) electrons. The van der Waals surface area contributed by atoms with Gasteiger partial charge in [-0.15, -0.1) is 0 Å². The Morgan fingerprint density at radius 1 is 1.30 bits per heavy atom. The van der Waals surface area contributed by atoms with Crippen LogP contribution in [-0.4, -0.2) is 79.4 Å². The molecule has 0 bridgehead atoms. The Kier molecular flexibility index (Phi) is 6.91. The summed E-state index contributed by atoms with van der Waals surface area (Å²) in [5.41, 5.74) is -0.148. The molecule has 0 spiro atoms. The first-order valence-corrected chi connectivity index (χ1v) is 7.48.